The third-order valence-corrected chi connectivity index (χ3v) is 4.22. The Morgan fingerprint density at radius 3 is 3.24 bits per heavy atom. The molecule has 2 heterocycles. The molecule has 0 bridgehead atoms. The number of benzene rings is 1. The molecule has 1 aromatic carbocycles. The lowest BCUT2D eigenvalue weighted by Crippen LogP contribution is -2.40. The van der Waals surface area contributed by atoms with Crippen LogP contribution in [0.3, 0.4) is 0 Å². The number of H-pyrrole nitrogens is 1. The summed E-state index contributed by atoms with van der Waals surface area (Å²) in [6.45, 7) is 4.24. The third kappa shape index (κ3) is 3.13. The summed E-state index contributed by atoms with van der Waals surface area (Å²) in [4.78, 5) is 13.4. The molecule has 1 unspecified atom stereocenters. The number of carbonyl (C=O) groups excluding carboxylic acids is 1. The first-order chi connectivity index (χ1) is 10.1. The Labute approximate surface area is 128 Å². The van der Waals surface area contributed by atoms with E-state index in [1.165, 1.54) is 0 Å². The molecule has 21 heavy (non-hydrogen) atoms. The number of nitrogens with one attached hydrogen (secondary N) is 2. The molecular weight excluding hydrogens is 288 g/mol. The molecule has 1 fully saturated rings. The van der Waals surface area contributed by atoms with Crippen LogP contribution in [0, 0.1) is 5.92 Å². The summed E-state index contributed by atoms with van der Waals surface area (Å²) >= 11 is 6.21. The van der Waals surface area contributed by atoms with E-state index in [4.69, 9.17) is 11.6 Å². The molecule has 1 aliphatic heterocycles. The molecule has 0 spiro atoms. The molecule has 1 amide bonds. The van der Waals surface area contributed by atoms with E-state index in [1.54, 1.807) is 6.92 Å². The zero-order chi connectivity index (χ0) is 14.8. The topological polar surface area (TPSA) is 61.0 Å². The number of halogens is 1. The summed E-state index contributed by atoms with van der Waals surface area (Å²) in [5.41, 5.74) is 2.08. The van der Waals surface area contributed by atoms with E-state index in [1.807, 2.05) is 18.3 Å². The van der Waals surface area contributed by atoms with Crippen molar-refractivity contribution in [2.24, 2.45) is 5.92 Å². The number of hydrogen-bond acceptors (Lipinski definition) is 3. The second-order valence-electron chi connectivity index (χ2n) is 5.65. The van der Waals surface area contributed by atoms with Crippen molar-refractivity contribution in [3.05, 3.63) is 23.4 Å². The second-order valence-corrected chi connectivity index (χ2v) is 6.08. The first-order valence-electron chi connectivity index (χ1n) is 7.25. The quantitative estimate of drug-likeness (QED) is 0.916. The van der Waals surface area contributed by atoms with E-state index in [-0.39, 0.29) is 5.91 Å². The average molecular weight is 307 g/mol. The zero-order valence-corrected chi connectivity index (χ0v) is 12.8. The molecule has 6 heteroatoms. The SMILES string of the molecule is CC(=O)NCC1CCCN(c2cc(Cl)cc3[nH]ncc23)C1. The van der Waals surface area contributed by atoms with Crippen LogP contribution in [0.25, 0.3) is 10.9 Å². The van der Waals surface area contributed by atoms with Gasteiger partial charge in [0.25, 0.3) is 0 Å². The minimum absolute atomic E-state index is 0.0344. The van der Waals surface area contributed by atoms with Gasteiger partial charge in [-0.25, -0.2) is 0 Å². The standard InChI is InChI=1S/C15H19ClN4O/c1-10(21)17-7-11-3-2-4-20(9-11)15-6-12(16)5-14-13(15)8-18-19-14/h5-6,8,11H,2-4,7,9H2,1H3,(H,17,21)(H,18,19). The van der Waals surface area contributed by atoms with Gasteiger partial charge in [0.05, 0.1) is 11.7 Å². The molecule has 1 saturated heterocycles. The van der Waals surface area contributed by atoms with Crippen molar-refractivity contribution in [1.82, 2.24) is 15.5 Å². The maximum absolute atomic E-state index is 11.1. The Bertz CT molecular complexity index is 654. The Morgan fingerprint density at radius 1 is 1.57 bits per heavy atom. The molecule has 1 aromatic heterocycles. The fourth-order valence-corrected chi connectivity index (χ4v) is 3.21. The highest BCUT2D eigenvalue weighted by Crippen LogP contribution is 2.32. The number of anilines is 1. The van der Waals surface area contributed by atoms with Crippen LogP contribution in [-0.2, 0) is 4.79 Å². The van der Waals surface area contributed by atoms with E-state index in [2.05, 4.69) is 20.4 Å². The minimum Gasteiger partial charge on any atom is -0.371 e. The van der Waals surface area contributed by atoms with Gasteiger partial charge in [0.15, 0.2) is 0 Å². The smallest absolute Gasteiger partial charge is 0.216 e. The fourth-order valence-electron chi connectivity index (χ4n) is 3.00. The van der Waals surface area contributed by atoms with Gasteiger partial charge in [-0.05, 0) is 30.9 Å². The van der Waals surface area contributed by atoms with Crippen LogP contribution in [0.15, 0.2) is 18.3 Å². The van der Waals surface area contributed by atoms with Crippen molar-refractivity contribution in [2.45, 2.75) is 19.8 Å². The maximum atomic E-state index is 11.1. The Morgan fingerprint density at radius 2 is 2.43 bits per heavy atom. The van der Waals surface area contributed by atoms with Gasteiger partial charge in [-0.15, -0.1) is 0 Å². The summed E-state index contributed by atoms with van der Waals surface area (Å²) in [5, 5.41) is 11.8. The van der Waals surface area contributed by atoms with Crippen molar-refractivity contribution in [3.63, 3.8) is 0 Å². The first-order valence-corrected chi connectivity index (χ1v) is 7.63. The number of rotatable bonds is 3. The van der Waals surface area contributed by atoms with Crippen molar-refractivity contribution in [2.75, 3.05) is 24.5 Å². The van der Waals surface area contributed by atoms with Gasteiger partial charge < -0.3 is 10.2 Å². The molecule has 3 rings (SSSR count). The van der Waals surface area contributed by atoms with Gasteiger partial charge in [-0.3, -0.25) is 9.89 Å². The lowest BCUT2D eigenvalue weighted by Gasteiger charge is -2.35. The van der Waals surface area contributed by atoms with Gasteiger partial charge in [-0.1, -0.05) is 11.6 Å². The minimum atomic E-state index is 0.0344. The largest absolute Gasteiger partial charge is 0.371 e. The van der Waals surface area contributed by atoms with E-state index in [0.717, 1.165) is 49.1 Å². The summed E-state index contributed by atoms with van der Waals surface area (Å²) in [5.74, 6) is 0.510. The molecular formula is C15H19ClN4O. The van der Waals surface area contributed by atoms with E-state index in [0.29, 0.717) is 10.9 Å². The molecule has 2 N–H and O–H groups in total. The fraction of sp³-hybridized carbons (Fsp3) is 0.467. The monoisotopic (exact) mass is 306 g/mol. The van der Waals surface area contributed by atoms with Crippen LogP contribution >= 0.6 is 11.6 Å². The van der Waals surface area contributed by atoms with Crippen LogP contribution in [0.5, 0.6) is 0 Å². The molecule has 0 saturated carbocycles. The average Bonchev–Trinajstić information content (AvgIpc) is 2.92. The van der Waals surface area contributed by atoms with Crippen LogP contribution in [-0.4, -0.2) is 35.7 Å². The van der Waals surface area contributed by atoms with Crippen LogP contribution in [0.1, 0.15) is 19.8 Å². The first kappa shape index (κ1) is 14.2. The number of hydrogen-bond donors (Lipinski definition) is 2. The number of carbonyl (C=O) groups is 1. The normalized spacial score (nSPS) is 19.0. The second kappa shape index (κ2) is 5.93. The highest BCUT2D eigenvalue weighted by atomic mass is 35.5. The number of nitrogens with zero attached hydrogens (tertiary/aromatic N) is 2. The predicted octanol–water partition coefficient (Wildman–Crippen LogP) is 2.57. The molecule has 5 nitrogen and oxygen atoms in total. The molecule has 112 valence electrons. The van der Waals surface area contributed by atoms with Crippen LogP contribution in [0.2, 0.25) is 5.02 Å². The number of amides is 1. The summed E-state index contributed by atoms with van der Waals surface area (Å²) in [7, 11) is 0. The Hall–Kier alpha value is -1.75. The van der Waals surface area contributed by atoms with Crippen LogP contribution < -0.4 is 10.2 Å². The van der Waals surface area contributed by atoms with Crippen molar-refractivity contribution in [1.29, 1.82) is 0 Å². The van der Waals surface area contributed by atoms with Gasteiger partial charge in [0, 0.05) is 42.7 Å². The lowest BCUT2D eigenvalue weighted by atomic mass is 9.97. The highest BCUT2D eigenvalue weighted by Gasteiger charge is 2.22. The molecule has 0 radical (unpaired) electrons. The van der Waals surface area contributed by atoms with Gasteiger partial charge in [0.1, 0.15) is 0 Å². The summed E-state index contributed by atoms with van der Waals surface area (Å²) in [6.07, 6.45) is 4.11. The number of fused-ring (bicyclic) bond motifs is 1. The Kier molecular flexibility index (Phi) is 4.01. The number of aromatic nitrogens is 2. The molecule has 2 aromatic rings. The summed E-state index contributed by atoms with van der Waals surface area (Å²) < 4.78 is 0. The summed E-state index contributed by atoms with van der Waals surface area (Å²) in [6, 6.07) is 3.90. The van der Waals surface area contributed by atoms with Crippen molar-refractivity contribution in [3.8, 4) is 0 Å². The van der Waals surface area contributed by atoms with Crippen LogP contribution in [0.4, 0.5) is 5.69 Å². The van der Waals surface area contributed by atoms with E-state index < -0.39 is 0 Å². The van der Waals surface area contributed by atoms with Gasteiger partial charge in [0.2, 0.25) is 5.91 Å². The van der Waals surface area contributed by atoms with E-state index in [9.17, 15) is 4.79 Å². The lowest BCUT2D eigenvalue weighted by molar-refractivity contribution is -0.119. The molecule has 1 aliphatic rings. The van der Waals surface area contributed by atoms with Crippen molar-refractivity contribution >= 4 is 34.1 Å². The number of aromatic amines is 1. The Balaban J connectivity index is 1.81. The van der Waals surface area contributed by atoms with Gasteiger partial charge >= 0.3 is 0 Å². The number of piperidine rings is 1. The maximum Gasteiger partial charge on any atom is 0.216 e. The predicted molar refractivity (Wildman–Crippen MR) is 84.7 cm³/mol. The van der Waals surface area contributed by atoms with E-state index >= 15 is 0 Å². The third-order valence-electron chi connectivity index (χ3n) is 4.00. The molecule has 0 aliphatic carbocycles. The highest BCUT2D eigenvalue weighted by molar-refractivity contribution is 6.31. The van der Waals surface area contributed by atoms with Gasteiger partial charge in [-0.2, -0.15) is 5.10 Å². The zero-order valence-electron chi connectivity index (χ0n) is 12.0. The molecule has 1 atom stereocenters. The van der Waals surface area contributed by atoms with Crippen molar-refractivity contribution < 1.29 is 4.79 Å².